The first-order chi connectivity index (χ1) is 12.7. The van der Waals surface area contributed by atoms with Gasteiger partial charge in [-0.15, -0.1) is 0 Å². The Balaban J connectivity index is 1.47. The topological polar surface area (TPSA) is 71.4 Å². The van der Waals surface area contributed by atoms with Gasteiger partial charge in [0, 0.05) is 24.8 Å². The summed E-state index contributed by atoms with van der Waals surface area (Å²) < 4.78 is 11.3. The zero-order valence-corrected chi connectivity index (χ0v) is 14.6. The molecule has 26 heavy (non-hydrogen) atoms. The molecular weight excluding hydrogens is 328 g/mol. The van der Waals surface area contributed by atoms with Gasteiger partial charge >= 0.3 is 0 Å². The third-order valence-electron chi connectivity index (χ3n) is 4.30. The Morgan fingerprint density at radius 2 is 2.12 bits per heavy atom. The summed E-state index contributed by atoms with van der Waals surface area (Å²) in [4.78, 5) is 12.2. The van der Waals surface area contributed by atoms with Crippen LogP contribution < -0.4 is 10.1 Å². The molecule has 1 unspecified atom stereocenters. The van der Waals surface area contributed by atoms with Crippen LogP contribution >= 0.6 is 0 Å². The number of ether oxygens (including phenoxy) is 2. The third kappa shape index (κ3) is 5.33. The summed E-state index contributed by atoms with van der Waals surface area (Å²) in [6.45, 7) is 1.35. The Kier molecular flexibility index (Phi) is 6.24. The van der Waals surface area contributed by atoms with E-state index in [4.69, 9.17) is 14.7 Å². The van der Waals surface area contributed by atoms with Gasteiger partial charge in [0.15, 0.2) is 0 Å². The molecule has 2 aromatic rings. The van der Waals surface area contributed by atoms with E-state index < -0.39 is 0 Å². The number of carbonyl (C=O) groups is 1. The van der Waals surface area contributed by atoms with E-state index in [2.05, 4.69) is 11.4 Å². The molecule has 1 N–H and O–H groups in total. The standard InChI is InChI=1S/C21H22N2O3/c22-14-17-8-6-16(7-9-17)10-11-21(24)23-18-3-1-4-19(13-18)26-15-20-5-2-12-25-20/h1,3-4,6-9,13,20H,2,5,10-12,15H2,(H,23,24). The number of rotatable bonds is 7. The molecule has 0 spiro atoms. The lowest BCUT2D eigenvalue weighted by molar-refractivity contribution is -0.116. The molecule has 1 heterocycles. The Morgan fingerprint density at radius 3 is 2.85 bits per heavy atom. The van der Waals surface area contributed by atoms with Crippen molar-refractivity contribution in [2.45, 2.75) is 31.8 Å². The number of nitrogens with one attached hydrogen (secondary N) is 1. The van der Waals surface area contributed by atoms with Crippen molar-refractivity contribution in [3.63, 3.8) is 0 Å². The largest absolute Gasteiger partial charge is 0.491 e. The molecule has 2 aromatic carbocycles. The maximum Gasteiger partial charge on any atom is 0.224 e. The fourth-order valence-electron chi connectivity index (χ4n) is 2.86. The second-order valence-electron chi connectivity index (χ2n) is 6.33. The Morgan fingerprint density at radius 1 is 1.27 bits per heavy atom. The SMILES string of the molecule is N#Cc1ccc(CCC(=O)Nc2cccc(OCC3CCCO3)c2)cc1. The van der Waals surface area contributed by atoms with Crippen LogP contribution in [0, 0.1) is 11.3 Å². The van der Waals surface area contributed by atoms with Crippen molar-refractivity contribution in [2.75, 3.05) is 18.5 Å². The highest BCUT2D eigenvalue weighted by molar-refractivity contribution is 5.91. The van der Waals surface area contributed by atoms with Gasteiger partial charge in [-0.1, -0.05) is 18.2 Å². The van der Waals surface area contributed by atoms with Crippen LogP contribution in [-0.4, -0.2) is 25.2 Å². The lowest BCUT2D eigenvalue weighted by atomic mass is 10.1. The van der Waals surface area contributed by atoms with E-state index >= 15 is 0 Å². The molecule has 0 aliphatic carbocycles. The van der Waals surface area contributed by atoms with Crippen LogP contribution in [-0.2, 0) is 16.0 Å². The van der Waals surface area contributed by atoms with Crippen LogP contribution in [0.3, 0.4) is 0 Å². The van der Waals surface area contributed by atoms with Gasteiger partial charge in [-0.2, -0.15) is 5.26 Å². The van der Waals surface area contributed by atoms with Crippen LogP contribution in [0.25, 0.3) is 0 Å². The van der Waals surface area contributed by atoms with Crippen molar-refractivity contribution < 1.29 is 14.3 Å². The second kappa shape index (κ2) is 9.02. The molecule has 134 valence electrons. The molecule has 0 saturated carbocycles. The maximum absolute atomic E-state index is 12.2. The monoisotopic (exact) mass is 350 g/mol. The molecule has 0 aromatic heterocycles. The Labute approximate surface area is 153 Å². The van der Waals surface area contributed by atoms with Crippen LogP contribution in [0.2, 0.25) is 0 Å². The minimum absolute atomic E-state index is 0.0503. The number of nitrogens with zero attached hydrogens (tertiary/aromatic N) is 1. The summed E-state index contributed by atoms with van der Waals surface area (Å²) >= 11 is 0. The maximum atomic E-state index is 12.2. The first kappa shape index (κ1) is 18.0. The molecule has 5 nitrogen and oxygen atoms in total. The molecule has 1 atom stereocenters. The van der Waals surface area contributed by atoms with E-state index in [1.54, 1.807) is 12.1 Å². The highest BCUT2D eigenvalue weighted by atomic mass is 16.5. The van der Waals surface area contributed by atoms with Gasteiger partial charge < -0.3 is 14.8 Å². The fraction of sp³-hybridized carbons (Fsp3) is 0.333. The van der Waals surface area contributed by atoms with Gasteiger partial charge in [-0.25, -0.2) is 0 Å². The fourth-order valence-corrected chi connectivity index (χ4v) is 2.86. The van der Waals surface area contributed by atoms with Crippen molar-refractivity contribution >= 4 is 11.6 Å². The van der Waals surface area contributed by atoms with Crippen molar-refractivity contribution in [3.8, 4) is 11.8 Å². The number of amides is 1. The number of hydrogen-bond donors (Lipinski definition) is 1. The van der Waals surface area contributed by atoms with Crippen molar-refractivity contribution in [1.29, 1.82) is 5.26 Å². The lowest BCUT2D eigenvalue weighted by Gasteiger charge is -2.12. The quantitative estimate of drug-likeness (QED) is 0.827. The van der Waals surface area contributed by atoms with E-state index in [9.17, 15) is 4.79 Å². The third-order valence-corrected chi connectivity index (χ3v) is 4.30. The lowest BCUT2D eigenvalue weighted by Crippen LogP contribution is -2.16. The van der Waals surface area contributed by atoms with Gasteiger partial charge in [0.05, 0.1) is 17.7 Å². The molecule has 5 heteroatoms. The predicted octanol–water partition coefficient (Wildman–Crippen LogP) is 3.69. The molecular formula is C21H22N2O3. The van der Waals surface area contributed by atoms with Gasteiger partial charge in [0.25, 0.3) is 0 Å². The minimum Gasteiger partial charge on any atom is -0.491 e. The number of carbonyl (C=O) groups excluding carboxylic acids is 1. The Bertz CT molecular complexity index is 775. The van der Waals surface area contributed by atoms with Crippen LogP contribution in [0.4, 0.5) is 5.69 Å². The average Bonchev–Trinajstić information content (AvgIpc) is 3.19. The molecule has 0 bridgehead atoms. The normalized spacial score (nSPS) is 16.0. The van der Waals surface area contributed by atoms with Crippen molar-refractivity contribution in [2.24, 2.45) is 0 Å². The van der Waals surface area contributed by atoms with Gasteiger partial charge in [0.1, 0.15) is 12.4 Å². The number of nitriles is 1. The first-order valence-electron chi connectivity index (χ1n) is 8.86. The summed E-state index contributed by atoms with van der Waals surface area (Å²) in [6.07, 6.45) is 3.30. The van der Waals surface area contributed by atoms with Crippen LogP contribution in [0.5, 0.6) is 5.75 Å². The highest BCUT2D eigenvalue weighted by Crippen LogP contribution is 2.20. The van der Waals surface area contributed by atoms with E-state index in [-0.39, 0.29) is 12.0 Å². The van der Waals surface area contributed by atoms with Gasteiger partial charge in [-0.05, 0) is 49.1 Å². The van der Waals surface area contributed by atoms with E-state index in [1.165, 1.54) is 0 Å². The molecule has 0 radical (unpaired) electrons. The molecule has 1 fully saturated rings. The van der Waals surface area contributed by atoms with Crippen molar-refractivity contribution in [3.05, 3.63) is 59.7 Å². The summed E-state index contributed by atoms with van der Waals surface area (Å²) in [6, 6.07) is 16.8. The Hall–Kier alpha value is -2.84. The molecule has 3 rings (SSSR count). The smallest absolute Gasteiger partial charge is 0.224 e. The summed E-state index contributed by atoms with van der Waals surface area (Å²) in [5.41, 5.74) is 2.38. The molecule has 1 aliphatic rings. The number of benzene rings is 2. The second-order valence-corrected chi connectivity index (χ2v) is 6.33. The minimum atomic E-state index is -0.0503. The molecule has 1 saturated heterocycles. The summed E-state index contributed by atoms with van der Waals surface area (Å²) in [7, 11) is 0. The molecule has 1 amide bonds. The number of aryl methyl sites for hydroxylation is 1. The first-order valence-corrected chi connectivity index (χ1v) is 8.86. The van der Waals surface area contributed by atoms with E-state index in [0.717, 1.165) is 36.4 Å². The van der Waals surface area contributed by atoms with Gasteiger partial charge in [0.2, 0.25) is 5.91 Å². The van der Waals surface area contributed by atoms with Gasteiger partial charge in [-0.3, -0.25) is 4.79 Å². The van der Waals surface area contributed by atoms with Crippen molar-refractivity contribution in [1.82, 2.24) is 0 Å². The van der Waals surface area contributed by atoms with E-state index in [1.807, 2.05) is 36.4 Å². The van der Waals surface area contributed by atoms with E-state index in [0.29, 0.717) is 25.0 Å². The summed E-state index contributed by atoms with van der Waals surface area (Å²) in [5.74, 6) is 0.677. The predicted molar refractivity (Wildman–Crippen MR) is 99.0 cm³/mol. The summed E-state index contributed by atoms with van der Waals surface area (Å²) in [5, 5.41) is 11.7. The van der Waals surface area contributed by atoms with Crippen LogP contribution in [0.1, 0.15) is 30.4 Å². The zero-order chi connectivity index (χ0) is 18.2. The zero-order valence-electron chi connectivity index (χ0n) is 14.6. The molecule has 1 aliphatic heterocycles. The highest BCUT2D eigenvalue weighted by Gasteiger charge is 2.16. The van der Waals surface area contributed by atoms with Crippen LogP contribution in [0.15, 0.2) is 48.5 Å². The number of hydrogen-bond acceptors (Lipinski definition) is 4. The number of anilines is 1. The average molecular weight is 350 g/mol.